The lowest BCUT2D eigenvalue weighted by Crippen LogP contribution is -2.45. The summed E-state index contributed by atoms with van der Waals surface area (Å²) in [6, 6.07) is 3.87. The van der Waals surface area contributed by atoms with Gasteiger partial charge in [-0.1, -0.05) is 32.4 Å². The van der Waals surface area contributed by atoms with Gasteiger partial charge in [-0.05, 0) is 38.0 Å². The van der Waals surface area contributed by atoms with Crippen molar-refractivity contribution < 1.29 is 23.5 Å². The lowest BCUT2D eigenvalue weighted by atomic mass is 9.91. The van der Waals surface area contributed by atoms with E-state index in [1.807, 2.05) is 20.8 Å². The summed E-state index contributed by atoms with van der Waals surface area (Å²) in [7, 11) is 0. The second kappa shape index (κ2) is 8.90. The fraction of sp³-hybridized carbons (Fsp3) is 0.550. The van der Waals surface area contributed by atoms with E-state index < -0.39 is 29.2 Å². The number of piperidine rings is 1. The van der Waals surface area contributed by atoms with Crippen molar-refractivity contribution in [3.8, 4) is 0 Å². The van der Waals surface area contributed by atoms with E-state index in [4.69, 9.17) is 16.3 Å². The SMILES string of the molecule is C[C@@H](OC(=O)C1CCN(C(=O)C(C)(C)C)CC1)C(=O)Nc1ccc(Cl)cc1F. The van der Waals surface area contributed by atoms with Crippen LogP contribution in [0, 0.1) is 17.2 Å². The molecule has 1 heterocycles. The minimum absolute atomic E-state index is 0.0358. The lowest BCUT2D eigenvalue weighted by Gasteiger charge is -2.35. The van der Waals surface area contributed by atoms with Gasteiger partial charge < -0.3 is 15.0 Å². The highest BCUT2D eigenvalue weighted by Gasteiger charge is 2.34. The Labute approximate surface area is 169 Å². The zero-order valence-corrected chi connectivity index (χ0v) is 17.3. The molecule has 1 atom stereocenters. The van der Waals surface area contributed by atoms with Gasteiger partial charge in [-0.15, -0.1) is 0 Å². The zero-order chi connectivity index (χ0) is 21.1. The van der Waals surface area contributed by atoms with Crippen LogP contribution in [-0.2, 0) is 19.1 Å². The number of hydrogen-bond donors (Lipinski definition) is 1. The summed E-state index contributed by atoms with van der Waals surface area (Å²) in [4.78, 5) is 38.6. The van der Waals surface area contributed by atoms with Crippen LogP contribution in [0.15, 0.2) is 18.2 Å². The normalized spacial score (nSPS) is 16.4. The van der Waals surface area contributed by atoms with E-state index in [-0.39, 0.29) is 22.5 Å². The molecule has 0 bridgehead atoms. The fourth-order valence-electron chi connectivity index (χ4n) is 2.94. The van der Waals surface area contributed by atoms with Crippen LogP contribution in [0.4, 0.5) is 10.1 Å². The first-order valence-electron chi connectivity index (χ1n) is 9.25. The third kappa shape index (κ3) is 5.67. The van der Waals surface area contributed by atoms with Crippen LogP contribution >= 0.6 is 11.6 Å². The van der Waals surface area contributed by atoms with E-state index in [2.05, 4.69) is 5.32 Å². The summed E-state index contributed by atoms with van der Waals surface area (Å²) in [5.74, 6) is -2.10. The predicted octanol–water partition coefficient (Wildman–Crippen LogP) is 3.63. The quantitative estimate of drug-likeness (QED) is 0.766. The largest absolute Gasteiger partial charge is 0.452 e. The number of carbonyl (C=O) groups is 3. The lowest BCUT2D eigenvalue weighted by molar-refractivity contribution is -0.160. The van der Waals surface area contributed by atoms with E-state index in [9.17, 15) is 18.8 Å². The number of ether oxygens (including phenoxy) is 1. The molecular formula is C20H26ClFN2O4. The molecule has 28 heavy (non-hydrogen) atoms. The van der Waals surface area contributed by atoms with Crippen LogP contribution in [0.3, 0.4) is 0 Å². The first kappa shape index (κ1) is 22.1. The minimum atomic E-state index is -1.07. The smallest absolute Gasteiger partial charge is 0.309 e. The third-order valence-corrected chi connectivity index (χ3v) is 4.84. The molecule has 0 saturated carbocycles. The van der Waals surface area contributed by atoms with Gasteiger partial charge in [0.25, 0.3) is 5.91 Å². The van der Waals surface area contributed by atoms with Crippen molar-refractivity contribution in [2.75, 3.05) is 18.4 Å². The van der Waals surface area contributed by atoms with Crippen LogP contribution in [0.2, 0.25) is 5.02 Å². The van der Waals surface area contributed by atoms with Gasteiger partial charge in [0.1, 0.15) is 5.82 Å². The number of benzene rings is 1. The van der Waals surface area contributed by atoms with Gasteiger partial charge in [-0.25, -0.2) is 4.39 Å². The summed E-state index contributed by atoms with van der Waals surface area (Å²) in [5, 5.41) is 2.60. The Morgan fingerprint density at radius 2 is 1.86 bits per heavy atom. The Kier molecular flexibility index (Phi) is 7.04. The molecule has 1 N–H and O–H groups in total. The molecule has 0 spiro atoms. The number of amides is 2. The van der Waals surface area contributed by atoms with Crippen LogP contribution in [0.25, 0.3) is 0 Å². The van der Waals surface area contributed by atoms with Crippen molar-refractivity contribution in [2.24, 2.45) is 11.3 Å². The van der Waals surface area contributed by atoms with Crippen LogP contribution in [0.5, 0.6) is 0 Å². The molecule has 1 aromatic rings. The third-order valence-electron chi connectivity index (χ3n) is 4.61. The summed E-state index contributed by atoms with van der Waals surface area (Å²) < 4.78 is 19.0. The van der Waals surface area contributed by atoms with Crippen LogP contribution in [-0.4, -0.2) is 41.9 Å². The van der Waals surface area contributed by atoms with Crippen LogP contribution in [0.1, 0.15) is 40.5 Å². The molecule has 6 nitrogen and oxygen atoms in total. The highest BCUT2D eigenvalue weighted by atomic mass is 35.5. The van der Waals surface area contributed by atoms with Gasteiger partial charge >= 0.3 is 5.97 Å². The van der Waals surface area contributed by atoms with Crippen molar-refractivity contribution >= 4 is 35.1 Å². The number of hydrogen-bond acceptors (Lipinski definition) is 4. The number of esters is 1. The summed E-state index contributed by atoms with van der Waals surface area (Å²) >= 11 is 5.68. The second-order valence-corrected chi connectivity index (χ2v) is 8.45. The Bertz CT molecular complexity index is 755. The van der Waals surface area contributed by atoms with Crippen molar-refractivity contribution in [1.82, 2.24) is 4.90 Å². The molecule has 1 aliphatic rings. The van der Waals surface area contributed by atoms with Gasteiger partial charge in [0.05, 0.1) is 11.6 Å². The molecule has 0 unspecified atom stereocenters. The van der Waals surface area contributed by atoms with Crippen LogP contribution < -0.4 is 5.32 Å². The Hall–Kier alpha value is -2.15. The highest BCUT2D eigenvalue weighted by molar-refractivity contribution is 6.30. The van der Waals surface area contributed by atoms with Gasteiger partial charge in [-0.2, -0.15) is 0 Å². The van der Waals surface area contributed by atoms with E-state index in [1.165, 1.54) is 19.1 Å². The predicted molar refractivity (Wildman–Crippen MR) is 104 cm³/mol. The first-order valence-corrected chi connectivity index (χ1v) is 9.62. The summed E-state index contributed by atoms with van der Waals surface area (Å²) in [5.41, 5.74) is -0.497. The maximum atomic E-state index is 13.8. The van der Waals surface area contributed by atoms with Gasteiger partial charge in [0.15, 0.2) is 6.10 Å². The molecule has 1 aliphatic heterocycles. The van der Waals surface area contributed by atoms with Crippen molar-refractivity contribution in [3.05, 3.63) is 29.0 Å². The topological polar surface area (TPSA) is 75.7 Å². The molecule has 2 rings (SSSR count). The van der Waals surface area contributed by atoms with Gasteiger partial charge in [0.2, 0.25) is 5.91 Å². The van der Waals surface area contributed by atoms with E-state index in [1.54, 1.807) is 4.90 Å². The number of carbonyl (C=O) groups excluding carboxylic acids is 3. The average Bonchev–Trinajstić information content (AvgIpc) is 2.62. The van der Waals surface area contributed by atoms with Crippen molar-refractivity contribution in [2.45, 2.75) is 46.6 Å². The Balaban J connectivity index is 1.85. The Morgan fingerprint density at radius 3 is 2.39 bits per heavy atom. The molecule has 1 fully saturated rings. The molecule has 0 aliphatic carbocycles. The first-order chi connectivity index (χ1) is 13.0. The van der Waals surface area contributed by atoms with Gasteiger partial charge in [-0.3, -0.25) is 14.4 Å². The van der Waals surface area contributed by atoms with Gasteiger partial charge in [0, 0.05) is 23.5 Å². The fourth-order valence-corrected chi connectivity index (χ4v) is 3.10. The molecule has 0 aromatic heterocycles. The number of anilines is 1. The molecular weight excluding hydrogens is 387 g/mol. The average molecular weight is 413 g/mol. The van der Waals surface area contributed by atoms with Crippen molar-refractivity contribution in [3.63, 3.8) is 0 Å². The summed E-state index contributed by atoms with van der Waals surface area (Å²) in [6.07, 6.45) is -0.0986. The number of nitrogens with zero attached hydrogens (tertiary/aromatic N) is 1. The number of rotatable bonds is 4. The molecule has 154 valence electrons. The number of halogens is 2. The van der Waals surface area contributed by atoms with E-state index >= 15 is 0 Å². The number of likely N-dealkylation sites (tertiary alicyclic amines) is 1. The highest BCUT2D eigenvalue weighted by Crippen LogP contribution is 2.25. The minimum Gasteiger partial charge on any atom is -0.452 e. The molecule has 8 heteroatoms. The number of nitrogens with one attached hydrogen (secondary N) is 1. The molecule has 2 amide bonds. The van der Waals surface area contributed by atoms with Crippen molar-refractivity contribution in [1.29, 1.82) is 0 Å². The standard InChI is InChI=1S/C20H26ClFN2O4/c1-12(17(25)23-16-6-5-14(21)11-15(16)22)28-18(26)13-7-9-24(10-8-13)19(27)20(2,3)4/h5-6,11-13H,7-10H2,1-4H3,(H,23,25)/t12-/m1/s1. The maximum Gasteiger partial charge on any atom is 0.309 e. The van der Waals surface area contributed by atoms with E-state index in [0.717, 1.165) is 6.07 Å². The zero-order valence-electron chi connectivity index (χ0n) is 16.6. The molecule has 1 aromatic carbocycles. The molecule has 0 radical (unpaired) electrons. The summed E-state index contributed by atoms with van der Waals surface area (Å²) in [6.45, 7) is 7.97. The Morgan fingerprint density at radius 1 is 1.25 bits per heavy atom. The molecule has 1 saturated heterocycles. The maximum absolute atomic E-state index is 13.8. The second-order valence-electron chi connectivity index (χ2n) is 8.01. The monoisotopic (exact) mass is 412 g/mol. The van der Waals surface area contributed by atoms with E-state index in [0.29, 0.717) is 25.9 Å².